The van der Waals surface area contributed by atoms with Crippen molar-refractivity contribution in [3.05, 3.63) is 41.9 Å². The van der Waals surface area contributed by atoms with Gasteiger partial charge in [-0.15, -0.1) is 0 Å². The third-order valence-corrected chi connectivity index (χ3v) is 4.37. The van der Waals surface area contributed by atoms with Gasteiger partial charge in [0, 0.05) is 30.6 Å². The summed E-state index contributed by atoms with van der Waals surface area (Å²) in [6.07, 6.45) is 3.59. The molecule has 25 heavy (non-hydrogen) atoms. The Labute approximate surface area is 145 Å². The van der Waals surface area contributed by atoms with Gasteiger partial charge in [-0.3, -0.25) is 0 Å². The summed E-state index contributed by atoms with van der Waals surface area (Å²) in [5.74, 6) is 2.26. The maximum absolute atomic E-state index is 6.05. The van der Waals surface area contributed by atoms with Crippen LogP contribution in [0.15, 0.2) is 30.5 Å². The minimum Gasteiger partial charge on any atom is -0.484 e. The first-order valence-corrected chi connectivity index (χ1v) is 8.34. The number of hydrogen-bond acceptors (Lipinski definition) is 6. The molecule has 4 rings (SSSR count). The Morgan fingerprint density at radius 3 is 3.04 bits per heavy atom. The van der Waals surface area contributed by atoms with E-state index in [1.165, 1.54) is 10.9 Å². The largest absolute Gasteiger partial charge is 0.484 e. The zero-order valence-electron chi connectivity index (χ0n) is 14.1. The van der Waals surface area contributed by atoms with Gasteiger partial charge in [0.15, 0.2) is 11.6 Å². The van der Waals surface area contributed by atoms with E-state index >= 15 is 0 Å². The fourth-order valence-corrected chi connectivity index (χ4v) is 3.16. The average molecular weight is 339 g/mol. The smallest absolute Gasteiger partial charge is 0.204 e. The highest BCUT2D eigenvalue weighted by molar-refractivity contribution is 5.83. The number of aromatic nitrogens is 3. The summed E-state index contributed by atoms with van der Waals surface area (Å²) < 4.78 is 10.9. The fraction of sp³-hybridized carbons (Fsp3) is 0.333. The number of rotatable bonds is 5. The van der Waals surface area contributed by atoms with Gasteiger partial charge < -0.3 is 25.5 Å². The van der Waals surface area contributed by atoms with E-state index < -0.39 is 0 Å². The maximum Gasteiger partial charge on any atom is 0.204 e. The molecule has 4 N–H and O–H groups in total. The number of aromatic amines is 1. The van der Waals surface area contributed by atoms with Gasteiger partial charge in [-0.2, -0.15) is 0 Å². The van der Waals surface area contributed by atoms with Crippen molar-refractivity contribution < 1.29 is 9.47 Å². The number of H-pyrrole nitrogens is 1. The van der Waals surface area contributed by atoms with Crippen molar-refractivity contribution in [2.45, 2.75) is 18.9 Å². The Morgan fingerprint density at radius 2 is 2.16 bits per heavy atom. The third-order valence-electron chi connectivity index (χ3n) is 4.37. The first kappa shape index (κ1) is 15.7. The minimum absolute atomic E-state index is 0.0632. The number of nitrogen functional groups attached to an aromatic ring is 1. The number of aryl methyl sites for hydroxylation is 2. The first-order valence-electron chi connectivity index (χ1n) is 8.34. The van der Waals surface area contributed by atoms with Crippen LogP contribution in [0.1, 0.15) is 11.4 Å². The van der Waals surface area contributed by atoms with E-state index in [9.17, 15) is 0 Å². The average Bonchev–Trinajstić information content (AvgIpc) is 3.03. The molecule has 3 aromatic rings. The molecule has 2 aromatic heterocycles. The second-order valence-corrected chi connectivity index (χ2v) is 6.17. The predicted molar refractivity (Wildman–Crippen MR) is 96.9 cm³/mol. The van der Waals surface area contributed by atoms with Crippen LogP contribution in [0.5, 0.6) is 5.75 Å². The van der Waals surface area contributed by atoms with Gasteiger partial charge in [-0.1, -0.05) is 18.2 Å². The lowest BCUT2D eigenvalue weighted by Gasteiger charge is -2.26. The fourth-order valence-electron chi connectivity index (χ4n) is 3.16. The third kappa shape index (κ3) is 3.10. The molecule has 1 unspecified atom stereocenters. The Morgan fingerprint density at radius 1 is 1.28 bits per heavy atom. The molecule has 0 radical (unpaired) electrons. The van der Waals surface area contributed by atoms with Crippen molar-refractivity contribution in [2.24, 2.45) is 0 Å². The Balaban J connectivity index is 1.53. The molecule has 1 atom stereocenters. The second-order valence-electron chi connectivity index (χ2n) is 6.17. The van der Waals surface area contributed by atoms with E-state index in [-0.39, 0.29) is 6.04 Å². The Bertz CT molecular complexity index is 892. The molecule has 7 heteroatoms. The van der Waals surface area contributed by atoms with Crippen LogP contribution in [0.25, 0.3) is 10.9 Å². The van der Waals surface area contributed by atoms with Crippen LogP contribution in [-0.4, -0.2) is 41.3 Å². The molecule has 1 aliphatic heterocycles. The highest BCUT2D eigenvalue weighted by Crippen LogP contribution is 2.32. The summed E-state index contributed by atoms with van der Waals surface area (Å²) in [5.41, 5.74) is 8.43. The molecular formula is C18H21N5O2. The number of benzene rings is 1. The number of para-hydroxylation sites is 1. The monoisotopic (exact) mass is 339 g/mol. The number of methoxy groups -OCH3 is 1. The van der Waals surface area contributed by atoms with E-state index in [4.69, 9.17) is 15.2 Å². The van der Waals surface area contributed by atoms with Crippen LogP contribution in [0.2, 0.25) is 0 Å². The molecule has 1 aliphatic rings. The van der Waals surface area contributed by atoms with Gasteiger partial charge >= 0.3 is 0 Å². The van der Waals surface area contributed by atoms with Crippen LogP contribution in [-0.2, 0) is 17.6 Å². The van der Waals surface area contributed by atoms with Crippen LogP contribution < -0.4 is 15.8 Å². The molecule has 7 nitrogen and oxygen atoms in total. The van der Waals surface area contributed by atoms with Gasteiger partial charge in [0.2, 0.25) is 5.75 Å². The molecule has 0 saturated carbocycles. The Kier molecular flexibility index (Phi) is 4.15. The topological polar surface area (TPSA) is 98.1 Å². The van der Waals surface area contributed by atoms with E-state index in [0.29, 0.717) is 42.8 Å². The summed E-state index contributed by atoms with van der Waals surface area (Å²) in [6.45, 7) is 1.04. The van der Waals surface area contributed by atoms with E-state index in [1.807, 2.05) is 18.3 Å². The number of anilines is 2. The summed E-state index contributed by atoms with van der Waals surface area (Å²) in [7, 11) is 1.66. The summed E-state index contributed by atoms with van der Waals surface area (Å²) >= 11 is 0. The normalized spacial score (nSPS) is 16.3. The zero-order valence-corrected chi connectivity index (χ0v) is 14.1. The van der Waals surface area contributed by atoms with Crippen LogP contribution in [0.3, 0.4) is 0 Å². The molecule has 3 heterocycles. The van der Waals surface area contributed by atoms with Crippen molar-refractivity contribution in [2.75, 3.05) is 31.4 Å². The van der Waals surface area contributed by atoms with Crippen LogP contribution >= 0.6 is 0 Å². The van der Waals surface area contributed by atoms with Gasteiger partial charge in [0.05, 0.1) is 12.6 Å². The second kappa shape index (κ2) is 6.60. The summed E-state index contributed by atoms with van der Waals surface area (Å²) in [5, 5.41) is 4.55. The van der Waals surface area contributed by atoms with Gasteiger partial charge in [0.1, 0.15) is 12.4 Å². The molecule has 0 bridgehead atoms. The number of nitrogens with two attached hydrogens (primary N) is 1. The number of nitrogens with zero attached hydrogens (tertiary/aromatic N) is 2. The molecule has 0 aliphatic carbocycles. The van der Waals surface area contributed by atoms with Crippen molar-refractivity contribution in [3.8, 4) is 5.75 Å². The number of fused-ring (bicyclic) bond motifs is 2. The van der Waals surface area contributed by atoms with Crippen LogP contribution in [0.4, 0.5) is 11.6 Å². The SMILES string of the molecule is COCC1COc2c(N)nc(CCc3c[nH]c4ccccc34)nc2N1. The van der Waals surface area contributed by atoms with Crippen molar-refractivity contribution in [1.29, 1.82) is 0 Å². The lowest BCUT2D eigenvalue weighted by Crippen LogP contribution is -2.36. The molecule has 0 spiro atoms. The van der Waals surface area contributed by atoms with Gasteiger partial charge in [0.25, 0.3) is 0 Å². The molecule has 1 aromatic carbocycles. The van der Waals surface area contributed by atoms with Gasteiger partial charge in [-0.05, 0) is 18.1 Å². The first-order chi connectivity index (χ1) is 12.2. The quantitative estimate of drug-likeness (QED) is 0.659. The molecule has 130 valence electrons. The van der Waals surface area contributed by atoms with Crippen molar-refractivity contribution in [3.63, 3.8) is 0 Å². The highest BCUT2D eigenvalue weighted by atomic mass is 16.5. The molecule has 0 saturated heterocycles. The van der Waals surface area contributed by atoms with E-state index in [0.717, 1.165) is 11.9 Å². The highest BCUT2D eigenvalue weighted by Gasteiger charge is 2.23. The lowest BCUT2D eigenvalue weighted by atomic mass is 10.1. The zero-order chi connectivity index (χ0) is 17.2. The Hall–Kier alpha value is -2.80. The number of hydrogen-bond donors (Lipinski definition) is 3. The maximum atomic E-state index is 6.05. The van der Waals surface area contributed by atoms with Crippen molar-refractivity contribution in [1.82, 2.24) is 15.0 Å². The summed E-state index contributed by atoms with van der Waals surface area (Å²) in [6, 6.07) is 8.33. The van der Waals surface area contributed by atoms with Crippen LogP contribution in [0, 0.1) is 0 Å². The standard InChI is InChI=1S/C18H21N5O2/c1-24-9-12-10-25-16-17(19)22-15(23-18(16)21-12)7-6-11-8-20-14-5-3-2-4-13(11)14/h2-5,8,12,20H,6-7,9-10H2,1H3,(H3,19,21,22,23). The predicted octanol–water partition coefficient (Wildman–Crippen LogP) is 2.14. The molecular weight excluding hydrogens is 318 g/mol. The summed E-state index contributed by atoms with van der Waals surface area (Å²) in [4.78, 5) is 12.3. The number of ether oxygens (including phenoxy) is 2. The van der Waals surface area contributed by atoms with Gasteiger partial charge in [-0.25, -0.2) is 9.97 Å². The van der Waals surface area contributed by atoms with E-state index in [1.54, 1.807) is 7.11 Å². The molecule has 0 fully saturated rings. The lowest BCUT2D eigenvalue weighted by molar-refractivity contribution is 0.154. The number of nitrogens with one attached hydrogen (secondary N) is 2. The minimum atomic E-state index is 0.0632. The van der Waals surface area contributed by atoms with E-state index in [2.05, 4.69) is 32.4 Å². The van der Waals surface area contributed by atoms with Crippen molar-refractivity contribution >= 4 is 22.5 Å². The molecule has 0 amide bonds.